The van der Waals surface area contributed by atoms with Crippen LogP contribution in [-0.4, -0.2) is 38.8 Å². The fraction of sp³-hybridized carbons (Fsp3) is 0.462. The average molecular weight is 356 g/mol. The second-order valence-electron chi connectivity index (χ2n) is 4.97. The highest BCUT2D eigenvalue weighted by Crippen LogP contribution is 2.26. The van der Waals surface area contributed by atoms with Crippen molar-refractivity contribution in [1.82, 2.24) is 15.1 Å². The molecule has 7 nitrogen and oxygen atoms in total. The first-order valence-electron chi connectivity index (χ1n) is 6.66. The molecule has 1 N–H and O–H groups in total. The SMILES string of the molecule is O=C(O)CC1CCCN1Cc1nnc(-c2ccc(Br)o2)o1. The number of carboxylic acid groups (broad SMARTS) is 1. The van der Waals surface area contributed by atoms with Gasteiger partial charge in [-0.2, -0.15) is 0 Å². The maximum atomic E-state index is 10.8. The Balaban J connectivity index is 1.68. The van der Waals surface area contributed by atoms with Crippen LogP contribution in [0.5, 0.6) is 0 Å². The van der Waals surface area contributed by atoms with Crippen molar-refractivity contribution in [3.63, 3.8) is 0 Å². The highest BCUT2D eigenvalue weighted by Gasteiger charge is 2.28. The number of halogens is 1. The van der Waals surface area contributed by atoms with Gasteiger partial charge in [-0.3, -0.25) is 9.69 Å². The standard InChI is InChI=1S/C13H14BrN3O4/c14-10-4-3-9(20-10)13-16-15-11(21-13)7-17-5-1-2-8(17)6-12(18)19/h3-4,8H,1-2,5-7H2,(H,18,19). The molecule has 1 aliphatic rings. The van der Waals surface area contributed by atoms with Crippen LogP contribution < -0.4 is 0 Å². The van der Waals surface area contributed by atoms with Crippen molar-refractivity contribution in [3.05, 3.63) is 22.7 Å². The van der Waals surface area contributed by atoms with Crippen molar-refractivity contribution in [2.75, 3.05) is 6.54 Å². The number of furan rings is 1. The number of aromatic nitrogens is 2. The summed E-state index contributed by atoms with van der Waals surface area (Å²) in [6.45, 7) is 1.31. The molecule has 21 heavy (non-hydrogen) atoms. The van der Waals surface area contributed by atoms with Gasteiger partial charge in [-0.25, -0.2) is 0 Å². The summed E-state index contributed by atoms with van der Waals surface area (Å²) < 4.78 is 11.5. The van der Waals surface area contributed by atoms with Gasteiger partial charge in [0, 0.05) is 6.04 Å². The van der Waals surface area contributed by atoms with Crippen molar-refractivity contribution in [1.29, 1.82) is 0 Å². The van der Waals surface area contributed by atoms with E-state index in [1.54, 1.807) is 12.1 Å². The van der Waals surface area contributed by atoms with Crippen LogP contribution in [-0.2, 0) is 11.3 Å². The molecular weight excluding hydrogens is 342 g/mol. The van der Waals surface area contributed by atoms with E-state index in [0.29, 0.717) is 28.8 Å². The van der Waals surface area contributed by atoms with Gasteiger partial charge >= 0.3 is 5.97 Å². The third-order valence-electron chi connectivity index (χ3n) is 3.50. The molecule has 1 atom stereocenters. The van der Waals surface area contributed by atoms with Gasteiger partial charge in [0.05, 0.1) is 13.0 Å². The summed E-state index contributed by atoms with van der Waals surface area (Å²) in [4.78, 5) is 12.9. The monoisotopic (exact) mass is 355 g/mol. The van der Waals surface area contributed by atoms with E-state index in [2.05, 4.69) is 31.0 Å². The Morgan fingerprint density at radius 2 is 2.29 bits per heavy atom. The molecule has 1 unspecified atom stereocenters. The van der Waals surface area contributed by atoms with Crippen molar-refractivity contribution in [2.24, 2.45) is 0 Å². The molecule has 0 spiro atoms. The third kappa shape index (κ3) is 3.33. The van der Waals surface area contributed by atoms with Gasteiger partial charge in [-0.15, -0.1) is 10.2 Å². The number of carbonyl (C=O) groups is 1. The van der Waals surface area contributed by atoms with Crippen molar-refractivity contribution in [2.45, 2.75) is 31.8 Å². The number of likely N-dealkylation sites (tertiary alicyclic amines) is 1. The number of hydrogen-bond acceptors (Lipinski definition) is 6. The number of hydrogen-bond donors (Lipinski definition) is 1. The molecule has 0 bridgehead atoms. The fourth-order valence-electron chi connectivity index (χ4n) is 2.56. The average Bonchev–Trinajstić information content (AvgIpc) is 3.12. The van der Waals surface area contributed by atoms with Crippen LogP contribution >= 0.6 is 15.9 Å². The molecule has 8 heteroatoms. The maximum absolute atomic E-state index is 10.8. The lowest BCUT2D eigenvalue weighted by atomic mass is 10.1. The molecular formula is C13H14BrN3O4. The van der Waals surface area contributed by atoms with E-state index >= 15 is 0 Å². The zero-order chi connectivity index (χ0) is 14.8. The smallest absolute Gasteiger partial charge is 0.304 e. The molecule has 0 aliphatic carbocycles. The molecule has 3 heterocycles. The lowest BCUT2D eigenvalue weighted by Crippen LogP contribution is -2.30. The highest BCUT2D eigenvalue weighted by atomic mass is 79.9. The minimum atomic E-state index is -0.779. The Labute approximate surface area is 129 Å². The van der Waals surface area contributed by atoms with E-state index in [4.69, 9.17) is 13.9 Å². The summed E-state index contributed by atoms with van der Waals surface area (Å²) in [5, 5.41) is 16.9. The van der Waals surface area contributed by atoms with Crippen LogP contribution in [0.2, 0.25) is 0 Å². The van der Waals surface area contributed by atoms with E-state index < -0.39 is 5.97 Å². The van der Waals surface area contributed by atoms with Crippen LogP contribution in [0.15, 0.2) is 25.6 Å². The van der Waals surface area contributed by atoms with Crippen molar-refractivity contribution < 1.29 is 18.7 Å². The van der Waals surface area contributed by atoms with Gasteiger partial charge in [0.15, 0.2) is 10.4 Å². The van der Waals surface area contributed by atoms with E-state index in [0.717, 1.165) is 19.4 Å². The Hall–Kier alpha value is -1.67. The zero-order valence-electron chi connectivity index (χ0n) is 11.2. The Morgan fingerprint density at radius 3 is 3.00 bits per heavy atom. The molecule has 0 aromatic carbocycles. The third-order valence-corrected chi connectivity index (χ3v) is 3.92. The number of rotatable bonds is 5. The number of aliphatic carboxylic acids is 1. The van der Waals surface area contributed by atoms with Crippen molar-refractivity contribution in [3.8, 4) is 11.7 Å². The minimum absolute atomic E-state index is 0.0376. The topological polar surface area (TPSA) is 92.6 Å². The lowest BCUT2D eigenvalue weighted by molar-refractivity contribution is -0.138. The Kier molecular flexibility index (Phi) is 4.07. The molecule has 2 aromatic rings. The summed E-state index contributed by atoms with van der Waals surface area (Å²) in [5.74, 6) is 0.516. The molecule has 1 saturated heterocycles. The summed E-state index contributed by atoms with van der Waals surface area (Å²) in [5.41, 5.74) is 0. The summed E-state index contributed by atoms with van der Waals surface area (Å²) in [6, 6.07) is 3.53. The van der Waals surface area contributed by atoms with Crippen molar-refractivity contribution >= 4 is 21.9 Å². The van der Waals surface area contributed by atoms with Crippen LogP contribution in [0.4, 0.5) is 0 Å². The van der Waals surface area contributed by atoms with E-state index in [1.807, 2.05) is 0 Å². The summed E-state index contributed by atoms with van der Waals surface area (Å²) in [7, 11) is 0. The van der Waals surface area contributed by atoms with Gasteiger partial charge in [0.25, 0.3) is 5.89 Å². The van der Waals surface area contributed by atoms with E-state index in [1.165, 1.54) is 0 Å². The fourth-order valence-corrected chi connectivity index (χ4v) is 2.86. The molecule has 112 valence electrons. The van der Waals surface area contributed by atoms with Crippen LogP contribution in [0.3, 0.4) is 0 Å². The van der Waals surface area contributed by atoms with E-state index in [-0.39, 0.29) is 12.5 Å². The maximum Gasteiger partial charge on any atom is 0.304 e. The molecule has 2 aromatic heterocycles. The predicted molar refractivity (Wildman–Crippen MR) is 75.4 cm³/mol. The van der Waals surface area contributed by atoms with Crippen LogP contribution in [0.25, 0.3) is 11.7 Å². The molecule has 0 saturated carbocycles. The zero-order valence-corrected chi connectivity index (χ0v) is 12.7. The molecule has 1 aliphatic heterocycles. The van der Waals surface area contributed by atoms with Gasteiger partial charge in [0.1, 0.15) is 0 Å². The normalized spacial score (nSPS) is 19.2. The molecule has 0 amide bonds. The molecule has 0 radical (unpaired) electrons. The molecule has 3 rings (SSSR count). The Bertz CT molecular complexity index is 639. The second-order valence-corrected chi connectivity index (χ2v) is 5.75. The van der Waals surface area contributed by atoms with Gasteiger partial charge in [-0.1, -0.05) is 0 Å². The first kappa shape index (κ1) is 14.3. The quantitative estimate of drug-likeness (QED) is 0.880. The molecule has 1 fully saturated rings. The summed E-state index contributed by atoms with van der Waals surface area (Å²) >= 11 is 3.22. The lowest BCUT2D eigenvalue weighted by Gasteiger charge is -2.20. The number of carboxylic acids is 1. The first-order chi connectivity index (χ1) is 10.1. The van der Waals surface area contributed by atoms with Gasteiger partial charge in [-0.05, 0) is 47.4 Å². The van der Waals surface area contributed by atoms with Crippen LogP contribution in [0, 0.1) is 0 Å². The van der Waals surface area contributed by atoms with Gasteiger partial charge < -0.3 is 13.9 Å². The predicted octanol–water partition coefficient (Wildman–Crippen LogP) is 2.53. The van der Waals surface area contributed by atoms with Crippen LogP contribution in [0.1, 0.15) is 25.2 Å². The minimum Gasteiger partial charge on any atom is -0.481 e. The Morgan fingerprint density at radius 1 is 1.43 bits per heavy atom. The summed E-state index contributed by atoms with van der Waals surface area (Å²) in [6.07, 6.45) is 2.02. The number of nitrogens with zero attached hydrogens (tertiary/aromatic N) is 3. The largest absolute Gasteiger partial charge is 0.481 e. The second kappa shape index (κ2) is 5.98. The first-order valence-corrected chi connectivity index (χ1v) is 7.45. The highest BCUT2D eigenvalue weighted by molar-refractivity contribution is 9.10. The van der Waals surface area contributed by atoms with E-state index in [9.17, 15) is 4.79 Å². The van der Waals surface area contributed by atoms with Gasteiger partial charge in [0.2, 0.25) is 5.89 Å².